The first-order valence-electron chi connectivity index (χ1n) is 10.2. The number of carbonyl (C=O) groups excluding carboxylic acids is 2. The van der Waals surface area contributed by atoms with Crippen LogP contribution >= 0.6 is 22.6 Å². The van der Waals surface area contributed by atoms with Gasteiger partial charge in [0.1, 0.15) is 12.1 Å². The summed E-state index contributed by atoms with van der Waals surface area (Å²) < 4.78 is 6.43. The van der Waals surface area contributed by atoms with Gasteiger partial charge in [0.2, 0.25) is 0 Å². The summed E-state index contributed by atoms with van der Waals surface area (Å²) in [5.41, 5.74) is 0.883. The number of ether oxygens (including phenoxy) is 1. The Bertz CT molecular complexity index is 708. The van der Waals surface area contributed by atoms with Crippen molar-refractivity contribution >= 4 is 34.6 Å². The molecule has 0 radical (unpaired) electrons. The smallest absolute Gasteiger partial charge is 0.329 e. The highest BCUT2D eigenvalue weighted by molar-refractivity contribution is 14.1. The maximum Gasteiger partial charge on any atom is 0.329 e. The van der Waals surface area contributed by atoms with Crippen molar-refractivity contribution in [1.82, 2.24) is 10.2 Å². The van der Waals surface area contributed by atoms with E-state index in [2.05, 4.69) is 27.9 Å². The van der Waals surface area contributed by atoms with E-state index in [1.165, 1.54) is 11.3 Å². The van der Waals surface area contributed by atoms with E-state index in [1.807, 2.05) is 24.3 Å². The minimum Gasteiger partial charge on any atom is -0.461 e. The average Bonchev–Trinajstić information content (AvgIpc) is 3.01. The molecule has 160 valence electrons. The lowest BCUT2D eigenvalue weighted by atomic mass is 9.90. The zero-order chi connectivity index (χ0) is 21.0. The summed E-state index contributed by atoms with van der Waals surface area (Å²) in [5.74, 6) is -1.23. The average molecular weight is 516 g/mol. The van der Waals surface area contributed by atoms with Crippen molar-refractivity contribution in [2.75, 3.05) is 6.61 Å². The molecule has 0 aromatic heterocycles. The Balaban J connectivity index is 1.86. The highest BCUT2D eigenvalue weighted by Crippen LogP contribution is 2.31. The van der Waals surface area contributed by atoms with E-state index in [0.29, 0.717) is 0 Å². The lowest BCUT2D eigenvalue weighted by molar-refractivity contribution is -0.144. The van der Waals surface area contributed by atoms with Crippen LogP contribution in [-0.2, 0) is 16.1 Å². The second-order valence-electron chi connectivity index (χ2n) is 7.95. The van der Waals surface area contributed by atoms with E-state index in [0.717, 1.165) is 34.8 Å². The lowest BCUT2D eigenvalue weighted by Crippen LogP contribution is -2.55. The Morgan fingerprint density at radius 1 is 1.28 bits per heavy atom. The third-order valence-electron chi connectivity index (χ3n) is 5.88. The number of carbonyl (C=O) groups is 2. The fraction of sp³-hybridized carbons (Fsp3) is 0.619. The van der Waals surface area contributed by atoms with E-state index in [-0.39, 0.29) is 18.6 Å². The molecule has 1 saturated carbocycles. The van der Waals surface area contributed by atoms with Crippen molar-refractivity contribution in [3.05, 3.63) is 33.4 Å². The molecule has 1 saturated heterocycles. The first kappa shape index (κ1) is 22.3. The van der Waals surface area contributed by atoms with Gasteiger partial charge in [-0.2, -0.15) is 0 Å². The number of nitrogens with one attached hydrogen (secondary N) is 1. The van der Waals surface area contributed by atoms with Crippen LogP contribution in [0.15, 0.2) is 24.3 Å². The van der Waals surface area contributed by atoms with Crippen LogP contribution in [0.1, 0.15) is 44.6 Å². The number of halogens is 1. The molecule has 7 nitrogen and oxygen atoms in total. The molecule has 8 heteroatoms. The molecule has 1 aliphatic carbocycles. The molecule has 4 atom stereocenters. The van der Waals surface area contributed by atoms with Crippen LogP contribution in [0.3, 0.4) is 0 Å². The zero-order valence-electron chi connectivity index (χ0n) is 16.6. The van der Waals surface area contributed by atoms with Crippen LogP contribution in [0.5, 0.6) is 0 Å². The predicted molar refractivity (Wildman–Crippen MR) is 116 cm³/mol. The molecule has 1 heterocycles. The lowest BCUT2D eigenvalue weighted by Gasteiger charge is -2.34. The van der Waals surface area contributed by atoms with Crippen LogP contribution in [0.2, 0.25) is 0 Å². The summed E-state index contributed by atoms with van der Waals surface area (Å²) >= 11 is 2.21. The van der Waals surface area contributed by atoms with E-state index in [9.17, 15) is 19.8 Å². The highest BCUT2D eigenvalue weighted by Gasteiger charge is 2.50. The highest BCUT2D eigenvalue weighted by atomic mass is 127. The largest absolute Gasteiger partial charge is 0.461 e. The Morgan fingerprint density at radius 2 is 1.93 bits per heavy atom. The van der Waals surface area contributed by atoms with Gasteiger partial charge in [0.15, 0.2) is 0 Å². The summed E-state index contributed by atoms with van der Waals surface area (Å²) in [6.07, 6.45) is 3.46. The van der Waals surface area contributed by atoms with Crippen molar-refractivity contribution in [2.45, 2.75) is 69.9 Å². The summed E-state index contributed by atoms with van der Waals surface area (Å²) in [6, 6.07) is 6.54. The number of amides is 2. The second kappa shape index (κ2) is 10.1. The normalized spacial score (nSPS) is 26.1. The van der Waals surface area contributed by atoms with Crippen molar-refractivity contribution in [2.24, 2.45) is 5.92 Å². The SMILES string of the molecule is C[C@H]1OC(=O)[C@H](N(Cc2ccc(I)cc2)C(=O)NC2CCCCC2)[C@@H]1[C@H](O)CO. The van der Waals surface area contributed by atoms with E-state index in [4.69, 9.17) is 4.74 Å². The minimum atomic E-state index is -1.15. The monoisotopic (exact) mass is 516 g/mol. The molecular formula is C21H29IN2O5. The van der Waals surface area contributed by atoms with E-state index >= 15 is 0 Å². The van der Waals surface area contributed by atoms with E-state index in [1.54, 1.807) is 6.92 Å². The van der Waals surface area contributed by atoms with Gasteiger partial charge in [-0.25, -0.2) is 9.59 Å². The number of benzene rings is 1. The molecule has 0 spiro atoms. The third kappa shape index (κ3) is 5.40. The maximum atomic E-state index is 13.2. The van der Waals surface area contributed by atoms with Crippen LogP contribution in [0.4, 0.5) is 4.79 Å². The Kier molecular flexibility index (Phi) is 7.75. The number of urea groups is 1. The van der Waals surface area contributed by atoms with Crippen molar-refractivity contribution in [3.8, 4) is 0 Å². The van der Waals surface area contributed by atoms with Crippen LogP contribution in [0, 0.1) is 9.49 Å². The molecule has 2 aliphatic rings. The fourth-order valence-electron chi connectivity index (χ4n) is 4.31. The van der Waals surface area contributed by atoms with Crippen LogP contribution in [0.25, 0.3) is 0 Å². The summed E-state index contributed by atoms with van der Waals surface area (Å²) in [5, 5.41) is 22.9. The van der Waals surface area contributed by atoms with Gasteiger partial charge in [0, 0.05) is 16.2 Å². The van der Waals surface area contributed by atoms with Gasteiger partial charge in [-0.15, -0.1) is 0 Å². The third-order valence-corrected chi connectivity index (χ3v) is 6.60. The quantitative estimate of drug-likeness (QED) is 0.399. The Hall–Kier alpha value is -1.39. The van der Waals surface area contributed by atoms with Gasteiger partial charge in [0.05, 0.1) is 18.6 Å². The molecule has 3 N–H and O–H groups in total. The standard InChI is InChI=1S/C21H29IN2O5/c1-13-18(17(26)12-25)19(20(27)29-13)24(11-14-7-9-15(22)10-8-14)21(28)23-16-5-3-2-4-6-16/h7-10,13,16-19,25-26H,2-6,11-12H2,1H3,(H,23,28)/t13-,17-,18+,19-/m1/s1. The van der Waals surface area contributed by atoms with E-state index < -0.39 is 36.7 Å². The van der Waals surface area contributed by atoms with Gasteiger partial charge < -0.3 is 25.2 Å². The molecule has 2 amide bonds. The number of aliphatic hydroxyl groups excluding tert-OH is 2. The Labute approximate surface area is 184 Å². The molecule has 1 aliphatic heterocycles. The number of rotatable bonds is 6. The summed E-state index contributed by atoms with van der Waals surface area (Å²) in [6.45, 7) is 1.41. The molecule has 0 bridgehead atoms. The first-order chi connectivity index (χ1) is 13.9. The van der Waals surface area contributed by atoms with Gasteiger partial charge in [-0.1, -0.05) is 31.4 Å². The fourth-order valence-corrected chi connectivity index (χ4v) is 4.67. The van der Waals surface area contributed by atoms with Crippen LogP contribution in [-0.4, -0.2) is 58.0 Å². The molecule has 2 fully saturated rings. The summed E-state index contributed by atoms with van der Waals surface area (Å²) in [7, 11) is 0. The van der Waals surface area contributed by atoms with Gasteiger partial charge in [-0.3, -0.25) is 0 Å². The molecule has 3 rings (SSSR count). The summed E-state index contributed by atoms with van der Waals surface area (Å²) in [4.78, 5) is 27.4. The predicted octanol–water partition coefficient (Wildman–Crippen LogP) is 2.42. The first-order valence-corrected chi connectivity index (χ1v) is 11.3. The zero-order valence-corrected chi connectivity index (χ0v) is 18.7. The minimum absolute atomic E-state index is 0.0894. The number of cyclic esters (lactones) is 1. The molecular weight excluding hydrogens is 487 g/mol. The number of hydrogen-bond donors (Lipinski definition) is 3. The number of hydrogen-bond acceptors (Lipinski definition) is 5. The molecule has 0 unspecified atom stereocenters. The van der Waals surface area contributed by atoms with Crippen molar-refractivity contribution in [3.63, 3.8) is 0 Å². The van der Waals surface area contributed by atoms with Gasteiger partial charge in [0.25, 0.3) is 0 Å². The maximum absolute atomic E-state index is 13.2. The molecule has 29 heavy (non-hydrogen) atoms. The number of esters is 1. The second-order valence-corrected chi connectivity index (χ2v) is 9.20. The van der Waals surface area contributed by atoms with Crippen molar-refractivity contribution < 1.29 is 24.5 Å². The van der Waals surface area contributed by atoms with Crippen molar-refractivity contribution in [1.29, 1.82) is 0 Å². The van der Waals surface area contributed by atoms with Crippen LogP contribution < -0.4 is 5.32 Å². The number of nitrogens with zero attached hydrogens (tertiary/aromatic N) is 1. The molecule has 1 aromatic rings. The Morgan fingerprint density at radius 3 is 2.55 bits per heavy atom. The number of aliphatic hydroxyl groups is 2. The van der Waals surface area contributed by atoms with Gasteiger partial charge >= 0.3 is 12.0 Å². The topological polar surface area (TPSA) is 99.1 Å². The molecule has 1 aromatic carbocycles. The van der Waals surface area contributed by atoms with Gasteiger partial charge in [-0.05, 0) is 60.1 Å².